The minimum atomic E-state index is -0.388. The van der Waals surface area contributed by atoms with E-state index in [9.17, 15) is 9.18 Å². The van der Waals surface area contributed by atoms with Crippen LogP contribution in [0.2, 0.25) is 0 Å². The lowest BCUT2D eigenvalue weighted by Gasteiger charge is -2.18. The lowest BCUT2D eigenvalue weighted by atomic mass is 10.1. The highest BCUT2D eigenvalue weighted by atomic mass is 19.1. The first kappa shape index (κ1) is 12.9. The number of carbonyl (C=O) groups excluding carboxylic acids is 1. The molecule has 3 nitrogen and oxygen atoms in total. The quantitative estimate of drug-likeness (QED) is 0.893. The van der Waals surface area contributed by atoms with Gasteiger partial charge in [0.15, 0.2) is 0 Å². The molecule has 1 aromatic carbocycles. The molecular formula is C14H18FNO2. The highest BCUT2D eigenvalue weighted by Crippen LogP contribution is 2.38. The third kappa shape index (κ3) is 2.47. The lowest BCUT2D eigenvalue weighted by Crippen LogP contribution is -2.29. The molecule has 0 radical (unpaired) electrons. The fraction of sp³-hybridized carbons (Fsp3) is 0.500. The third-order valence-corrected chi connectivity index (χ3v) is 3.47. The molecule has 1 aromatic rings. The van der Waals surface area contributed by atoms with Gasteiger partial charge in [-0.3, -0.25) is 4.79 Å². The molecule has 0 heterocycles. The van der Waals surface area contributed by atoms with Crippen LogP contribution in [0.4, 0.5) is 4.39 Å². The molecule has 0 saturated heterocycles. The highest BCUT2D eigenvalue weighted by molar-refractivity contribution is 5.81. The van der Waals surface area contributed by atoms with Crippen LogP contribution < -0.4 is 10.1 Å². The minimum absolute atomic E-state index is 0.000283. The molecule has 0 unspecified atom stereocenters. The fourth-order valence-corrected chi connectivity index (χ4v) is 2.20. The van der Waals surface area contributed by atoms with Crippen molar-refractivity contribution in [2.45, 2.75) is 26.3 Å². The van der Waals surface area contributed by atoms with E-state index in [0.717, 1.165) is 6.42 Å². The van der Waals surface area contributed by atoms with Crippen molar-refractivity contribution in [1.82, 2.24) is 5.32 Å². The van der Waals surface area contributed by atoms with Gasteiger partial charge >= 0.3 is 0 Å². The van der Waals surface area contributed by atoms with Crippen molar-refractivity contribution in [2.75, 3.05) is 7.11 Å². The Bertz CT molecular complexity index is 461. The molecule has 1 fully saturated rings. The predicted molar refractivity (Wildman–Crippen MR) is 66.8 cm³/mol. The van der Waals surface area contributed by atoms with E-state index in [1.165, 1.54) is 13.2 Å². The normalized spacial score (nSPS) is 23.3. The first-order valence-corrected chi connectivity index (χ1v) is 6.17. The third-order valence-electron chi connectivity index (χ3n) is 3.47. The van der Waals surface area contributed by atoms with Gasteiger partial charge in [0.1, 0.15) is 11.6 Å². The Morgan fingerprint density at radius 3 is 2.78 bits per heavy atom. The van der Waals surface area contributed by atoms with Crippen molar-refractivity contribution in [3.8, 4) is 5.75 Å². The van der Waals surface area contributed by atoms with E-state index in [2.05, 4.69) is 5.32 Å². The zero-order chi connectivity index (χ0) is 13.3. The van der Waals surface area contributed by atoms with Gasteiger partial charge in [-0.25, -0.2) is 4.39 Å². The van der Waals surface area contributed by atoms with Gasteiger partial charge in [-0.2, -0.15) is 0 Å². The number of rotatable bonds is 4. The Labute approximate surface area is 106 Å². The maximum Gasteiger partial charge on any atom is 0.223 e. The minimum Gasteiger partial charge on any atom is -0.496 e. The van der Waals surface area contributed by atoms with Gasteiger partial charge in [-0.1, -0.05) is 13.0 Å². The van der Waals surface area contributed by atoms with Gasteiger partial charge < -0.3 is 10.1 Å². The molecule has 0 bridgehead atoms. The second kappa shape index (κ2) is 4.96. The van der Waals surface area contributed by atoms with Crippen molar-refractivity contribution in [1.29, 1.82) is 0 Å². The number of hydrogen-bond acceptors (Lipinski definition) is 2. The van der Waals surface area contributed by atoms with Crippen LogP contribution >= 0.6 is 0 Å². The number of halogens is 1. The Balaban J connectivity index is 2.13. The van der Waals surface area contributed by atoms with Crippen LogP contribution in [0.25, 0.3) is 0 Å². The summed E-state index contributed by atoms with van der Waals surface area (Å²) in [4.78, 5) is 11.8. The number of nitrogens with one attached hydrogen (secondary N) is 1. The second-order valence-electron chi connectivity index (χ2n) is 4.91. The molecule has 2 rings (SSSR count). The fourth-order valence-electron chi connectivity index (χ4n) is 2.20. The maximum atomic E-state index is 13.8. The van der Waals surface area contributed by atoms with E-state index in [1.807, 2.05) is 6.92 Å². The smallest absolute Gasteiger partial charge is 0.223 e. The van der Waals surface area contributed by atoms with Gasteiger partial charge in [-0.05, 0) is 31.4 Å². The molecule has 3 atom stereocenters. The predicted octanol–water partition coefficient (Wildman–Crippen LogP) is 2.67. The SMILES string of the molecule is COc1cccc(F)c1[C@H](C)NC(=O)[C@H]1C[C@H]1C. The van der Waals surface area contributed by atoms with Crippen molar-refractivity contribution in [2.24, 2.45) is 11.8 Å². The van der Waals surface area contributed by atoms with Gasteiger partial charge in [0.05, 0.1) is 18.7 Å². The molecule has 1 aliphatic carbocycles. The second-order valence-corrected chi connectivity index (χ2v) is 4.91. The summed E-state index contributed by atoms with van der Waals surface area (Å²) in [7, 11) is 1.50. The summed E-state index contributed by atoms with van der Waals surface area (Å²) >= 11 is 0. The average Bonchev–Trinajstić information content (AvgIpc) is 3.05. The summed E-state index contributed by atoms with van der Waals surface area (Å²) in [5.74, 6) is 0.642. The number of methoxy groups -OCH3 is 1. The molecule has 0 aliphatic heterocycles. The Morgan fingerprint density at radius 1 is 1.56 bits per heavy atom. The number of benzene rings is 1. The molecule has 1 N–H and O–H groups in total. The largest absolute Gasteiger partial charge is 0.496 e. The molecule has 1 saturated carbocycles. The monoisotopic (exact) mass is 251 g/mol. The van der Waals surface area contributed by atoms with E-state index in [1.54, 1.807) is 19.1 Å². The van der Waals surface area contributed by atoms with Gasteiger partial charge in [0.25, 0.3) is 0 Å². The van der Waals surface area contributed by atoms with E-state index < -0.39 is 0 Å². The summed E-state index contributed by atoms with van der Waals surface area (Å²) in [5.41, 5.74) is 0.404. The van der Waals surface area contributed by atoms with E-state index in [4.69, 9.17) is 4.74 Å². The topological polar surface area (TPSA) is 38.3 Å². The van der Waals surface area contributed by atoms with Crippen LogP contribution in [0, 0.1) is 17.7 Å². The van der Waals surface area contributed by atoms with Gasteiger partial charge in [-0.15, -0.1) is 0 Å². The van der Waals surface area contributed by atoms with Crippen LogP contribution in [0.1, 0.15) is 31.9 Å². The molecular weight excluding hydrogens is 233 g/mol. The van der Waals surface area contributed by atoms with E-state index >= 15 is 0 Å². The number of hydrogen-bond donors (Lipinski definition) is 1. The first-order chi connectivity index (χ1) is 8.54. The van der Waals surface area contributed by atoms with Crippen molar-refractivity contribution < 1.29 is 13.9 Å². The summed E-state index contributed by atoms with van der Waals surface area (Å²) in [6.45, 7) is 3.81. The lowest BCUT2D eigenvalue weighted by molar-refractivity contribution is -0.123. The van der Waals surface area contributed by atoms with Crippen LogP contribution in [0.15, 0.2) is 18.2 Å². The molecule has 1 aliphatic rings. The summed E-state index contributed by atoms with van der Waals surface area (Å²) in [6.07, 6.45) is 0.924. The molecule has 0 spiro atoms. The summed E-state index contributed by atoms with van der Waals surface area (Å²) < 4.78 is 18.9. The molecule has 1 amide bonds. The molecule has 0 aromatic heterocycles. The number of carbonyl (C=O) groups is 1. The molecule has 98 valence electrons. The summed E-state index contributed by atoms with van der Waals surface area (Å²) in [6, 6.07) is 4.28. The van der Waals surface area contributed by atoms with Gasteiger partial charge in [0, 0.05) is 5.92 Å². The van der Waals surface area contributed by atoms with Crippen LogP contribution in [0.5, 0.6) is 5.75 Å². The zero-order valence-corrected chi connectivity index (χ0v) is 10.9. The van der Waals surface area contributed by atoms with Gasteiger partial charge in [0.2, 0.25) is 5.91 Å². The average molecular weight is 251 g/mol. The Morgan fingerprint density at radius 2 is 2.22 bits per heavy atom. The maximum absolute atomic E-state index is 13.8. The Hall–Kier alpha value is -1.58. The Kier molecular flexibility index (Phi) is 3.55. The highest BCUT2D eigenvalue weighted by Gasteiger charge is 2.39. The van der Waals surface area contributed by atoms with Crippen molar-refractivity contribution in [3.63, 3.8) is 0 Å². The van der Waals surface area contributed by atoms with Crippen LogP contribution in [-0.4, -0.2) is 13.0 Å². The van der Waals surface area contributed by atoms with Crippen LogP contribution in [-0.2, 0) is 4.79 Å². The zero-order valence-electron chi connectivity index (χ0n) is 10.9. The van der Waals surface area contributed by atoms with Crippen molar-refractivity contribution in [3.05, 3.63) is 29.6 Å². The number of ether oxygens (including phenoxy) is 1. The number of amides is 1. The van der Waals surface area contributed by atoms with E-state index in [0.29, 0.717) is 17.2 Å². The first-order valence-electron chi connectivity index (χ1n) is 6.17. The van der Waals surface area contributed by atoms with E-state index in [-0.39, 0.29) is 23.7 Å². The standard InChI is InChI=1S/C14H18FNO2/c1-8-7-10(8)14(17)16-9(2)13-11(15)5-4-6-12(13)18-3/h4-6,8-10H,7H2,1-3H3,(H,16,17)/t8-,9+,10+/m1/s1. The molecule has 18 heavy (non-hydrogen) atoms. The van der Waals surface area contributed by atoms with Crippen molar-refractivity contribution >= 4 is 5.91 Å². The molecule has 4 heteroatoms. The summed E-state index contributed by atoms with van der Waals surface area (Å²) in [5, 5.41) is 2.85. The van der Waals surface area contributed by atoms with Crippen LogP contribution in [0.3, 0.4) is 0 Å².